The zero-order valence-electron chi connectivity index (χ0n) is 10.6. The molecule has 2 aromatic heterocycles. The van der Waals surface area contributed by atoms with Gasteiger partial charge in [0.1, 0.15) is 6.33 Å². The van der Waals surface area contributed by atoms with Crippen LogP contribution in [0.25, 0.3) is 5.65 Å². The van der Waals surface area contributed by atoms with Gasteiger partial charge in [0.15, 0.2) is 5.65 Å². The first-order chi connectivity index (χ1) is 8.79. The van der Waals surface area contributed by atoms with Crippen LogP contribution in [0.5, 0.6) is 0 Å². The zero-order valence-corrected chi connectivity index (χ0v) is 10.6. The number of hydrogen-bond acceptors (Lipinski definition) is 3. The molecule has 0 atom stereocenters. The van der Waals surface area contributed by atoms with Crippen LogP contribution in [-0.2, 0) is 4.79 Å². The zero-order chi connectivity index (χ0) is 12.8. The number of fused-ring (bicyclic) bond motifs is 1. The number of hydrogen-bond donors (Lipinski definition) is 1. The first-order valence-corrected chi connectivity index (χ1v) is 6.39. The lowest BCUT2D eigenvalue weighted by Crippen LogP contribution is -2.11. The van der Waals surface area contributed by atoms with Crippen LogP contribution in [0.2, 0.25) is 0 Å². The van der Waals surface area contributed by atoms with Gasteiger partial charge in [-0.05, 0) is 18.6 Å². The Balaban J connectivity index is 1.86. The number of amides is 1. The maximum absolute atomic E-state index is 11.7. The predicted octanol–water partition coefficient (Wildman–Crippen LogP) is 2.64. The van der Waals surface area contributed by atoms with E-state index in [-0.39, 0.29) is 5.91 Å². The van der Waals surface area contributed by atoms with Gasteiger partial charge in [-0.2, -0.15) is 0 Å². The van der Waals surface area contributed by atoms with E-state index in [0.717, 1.165) is 24.2 Å². The largest absolute Gasteiger partial charge is 0.325 e. The fourth-order valence-corrected chi connectivity index (χ4v) is 1.84. The monoisotopic (exact) mass is 246 g/mol. The fraction of sp³-hybridized carbons (Fsp3) is 0.462. The van der Waals surface area contributed by atoms with E-state index >= 15 is 0 Å². The second kappa shape index (κ2) is 6.14. The second-order valence-electron chi connectivity index (χ2n) is 4.37. The number of nitrogens with zero attached hydrogens (tertiary/aromatic N) is 3. The number of anilines is 1. The van der Waals surface area contributed by atoms with Crippen molar-refractivity contribution in [3.05, 3.63) is 24.7 Å². The Morgan fingerprint density at radius 2 is 2.22 bits per heavy atom. The van der Waals surface area contributed by atoms with Crippen molar-refractivity contribution in [1.82, 2.24) is 14.6 Å². The molecule has 0 aromatic carbocycles. The lowest BCUT2D eigenvalue weighted by molar-refractivity contribution is -0.116. The number of pyridine rings is 1. The van der Waals surface area contributed by atoms with Crippen LogP contribution in [-0.4, -0.2) is 20.5 Å². The van der Waals surface area contributed by atoms with Crippen molar-refractivity contribution < 1.29 is 4.79 Å². The van der Waals surface area contributed by atoms with E-state index in [4.69, 9.17) is 0 Å². The van der Waals surface area contributed by atoms with Crippen LogP contribution in [0.1, 0.15) is 39.0 Å². The summed E-state index contributed by atoms with van der Waals surface area (Å²) < 4.78 is 1.78. The summed E-state index contributed by atoms with van der Waals surface area (Å²) in [6.45, 7) is 2.16. The highest BCUT2D eigenvalue weighted by Crippen LogP contribution is 2.10. The summed E-state index contributed by atoms with van der Waals surface area (Å²) >= 11 is 0. The first-order valence-electron chi connectivity index (χ1n) is 6.39. The summed E-state index contributed by atoms with van der Waals surface area (Å²) in [5.74, 6) is 0.0681. The lowest BCUT2D eigenvalue weighted by Gasteiger charge is -2.05. The normalized spacial score (nSPS) is 10.7. The fourth-order valence-electron chi connectivity index (χ4n) is 1.84. The average Bonchev–Trinajstić information content (AvgIpc) is 2.82. The van der Waals surface area contributed by atoms with E-state index < -0.39 is 0 Å². The summed E-state index contributed by atoms with van der Waals surface area (Å²) in [5, 5.41) is 10.6. The predicted molar refractivity (Wildman–Crippen MR) is 70.4 cm³/mol. The van der Waals surface area contributed by atoms with Gasteiger partial charge in [-0.1, -0.05) is 26.2 Å². The molecule has 0 fully saturated rings. The molecular weight excluding hydrogens is 228 g/mol. The van der Waals surface area contributed by atoms with Crippen molar-refractivity contribution in [1.29, 1.82) is 0 Å². The van der Waals surface area contributed by atoms with E-state index in [9.17, 15) is 4.79 Å². The highest BCUT2D eigenvalue weighted by Gasteiger charge is 2.03. The Kier molecular flexibility index (Phi) is 4.28. The minimum absolute atomic E-state index is 0.0681. The summed E-state index contributed by atoms with van der Waals surface area (Å²) in [4.78, 5) is 11.7. The minimum atomic E-state index is 0.0681. The molecule has 0 radical (unpaired) electrons. The van der Waals surface area contributed by atoms with Gasteiger partial charge < -0.3 is 5.32 Å². The number of rotatable bonds is 6. The molecule has 0 spiro atoms. The molecule has 0 bridgehead atoms. The third kappa shape index (κ3) is 3.29. The molecular formula is C13H18N4O. The Morgan fingerprint density at radius 3 is 3.06 bits per heavy atom. The van der Waals surface area contributed by atoms with Crippen molar-refractivity contribution in [3.8, 4) is 0 Å². The van der Waals surface area contributed by atoms with Crippen LogP contribution in [0.4, 0.5) is 5.69 Å². The first kappa shape index (κ1) is 12.5. The van der Waals surface area contributed by atoms with E-state index in [1.165, 1.54) is 12.8 Å². The van der Waals surface area contributed by atoms with Crippen molar-refractivity contribution in [2.45, 2.75) is 39.0 Å². The summed E-state index contributed by atoms with van der Waals surface area (Å²) in [6.07, 6.45) is 8.47. The molecule has 1 amide bonds. The molecule has 2 aromatic rings. The second-order valence-corrected chi connectivity index (χ2v) is 4.37. The van der Waals surface area contributed by atoms with Crippen molar-refractivity contribution in [3.63, 3.8) is 0 Å². The standard InChI is InChI=1S/C13H18N4O/c1-2-3-4-5-6-13(18)15-11-7-8-12-16-14-10-17(12)9-11/h7-10H,2-6H2,1H3,(H,15,18). The minimum Gasteiger partial charge on any atom is -0.325 e. The van der Waals surface area contributed by atoms with Crippen LogP contribution in [0, 0.1) is 0 Å². The summed E-state index contributed by atoms with van der Waals surface area (Å²) in [7, 11) is 0. The maximum atomic E-state index is 11.7. The topological polar surface area (TPSA) is 59.3 Å². The van der Waals surface area contributed by atoms with Crippen LogP contribution in [0.15, 0.2) is 24.7 Å². The lowest BCUT2D eigenvalue weighted by atomic mass is 10.1. The summed E-state index contributed by atoms with van der Waals surface area (Å²) in [5.41, 5.74) is 1.55. The number of aromatic nitrogens is 3. The van der Waals surface area contributed by atoms with Gasteiger partial charge in [-0.3, -0.25) is 9.20 Å². The average molecular weight is 246 g/mol. The van der Waals surface area contributed by atoms with Gasteiger partial charge >= 0.3 is 0 Å². The maximum Gasteiger partial charge on any atom is 0.224 e. The molecule has 18 heavy (non-hydrogen) atoms. The molecule has 1 N–H and O–H groups in total. The third-order valence-corrected chi connectivity index (χ3v) is 2.83. The van der Waals surface area contributed by atoms with Crippen LogP contribution >= 0.6 is 0 Å². The van der Waals surface area contributed by atoms with Gasteiger partial charge in [-0.15, -0.1) is 10.2 Å². The molecule has 0 aliphatic carbocycles. The third-order valence-electron chi connectivity index (χ3n) is 2.83. The quantitative estimate of drug-likeness (QED) is 0.797. The molecule has 5 nitrogen and oxygen atoms in total. The smallest absolute Gasteiger partial charge is 0.224 e. The van der Waals surface area contributed by atoms with Gasteiger partial charge in [0.25, 0.3) is 0 Å². The molecule has 0 saturated carbocycles. The van der Waals surface area contributed by atoms with Gasteiger partial charge in [0.2, 0.25) is 5.91 Å². The molecule has 0 aliphatic heterocycles. The highest BCUT2D eigenvalue weighted by molar-refractivity contribution is 5.90. The number of carbonyl (C=O) groups is 1. The molecule has 2 rings (SSSR count). The highest BCUT2D eigenvalue weighted by atomic mass is 16.1. The Morgan fingerprint density at radius 1 is 1.33 bits per heavy atom. The van der Waals surface area contributed by atoms with Crippen LogP contribution < -0.4 is 5.32 Å². The number of unbranched alkanes of at least 4 members (excludes halogenated alkanes) is 3. The Bertz CT molecular complexity index is 520. The van der Waals surface area contributed by atoms with Gasteiger partial charge in [0, 0.05) is 12.6 Å². The van der Waals surface area contributed by atoms with Gasteiger partial charge in [-0.25, -0.2) is 0 Å². The Hall–Kier alpha value is -1.91. The number of carbonyl (C=O) groups excluding carboxylic acids is 1. The molecule has 96 valence electrons. The van der Waals surface area contributed by atoms with Crippen molar-refractivity contribution in [2.24, 2.45) is 0 Å². The Labute approximate surface area is 106 Å². The molecule has 5 heteroatoms. The van der Waals surface area contributed by atoms with E-state index in [2.05, 4.69) is 22.4 Å². The molecule has 0 saturated heterocycles. The van der Waals surface area contributed by atoms with Crippen molar-refractivity contribution in [2.75, 3.05) is 5.32 Å². The van der Waals surface area contributed by atoms with Crippen molar-refractivity contribution >= 4 is 17.2 Å². The molecule has 2 heterocycles. The molecule has 0 aliphatic rings. The van der Waals surface area contributed by atoms with Crippen LogP contribution in [0.3, 0.4) is 0 Å². The summed E-state index contributed by atoms with van der Waals surface area (Å²) in [6, 6.07) is 3.67. The van der Waals surface area contributed by atoms with E-state index in [1.807, 2.05) is 18.3 Å². The van der Waals surface area contributed by atoms with Gasteiger partial charge in [0.05, 0.1) is 5.69 Å². The van der Waals surface area contributed by atoms with E-state index in [0.29, 0.717) is 6.42 Å². The SMILES string of the molecule is CCCCCCC(=O)Nc1ccc2nncn2c1. The van der Waals surface area contributed by atoms with E-state index in [1.54, 1.807) is 10.7 Å². The molecule has 0 unspecified atom stereocenters. The number of nitrogens with one attached hydrogen (secondary N) is 1.